The molecule has 0 aliphatic carbocycles. The molecule has 0 fully saturated rings. The Hall–Kier alpha value is -1.35. The Morgan fingerprint density at radius 3 is 2.95 bits per heavy atom. The molecular weight excluding hydrogens is 262 g/mol. The minimum absolute atomic E-state index is 0.00116. The summed E-state index contributed by atoms with van der Waals surface area (Å²) in [5, 5.41) is 8.69. The number of nitrogens with zero attached hydrogens (tertiary/aromatic N) is 1. The SMILES string of the molecule is COCCCN(C)C(=O)c1cc(C)c(C#CCO)s1. The molecule has 1 amide bonds. The van der Waals surface area contributed by atoms with Crippen molar-refractivity contribution < 1.29 is 14.6 Å². The first-order chi connectivity index (χ1) is 9.10. The van der Waals surface area contributed by atoms with Gasteiger partial charge in [0.25, 0.3) is 5.91 Å². The van der Waals surface area contributed by atoms with E-state index in [1.807, 2.05) is 13.0 Å². The van der Waals surface area contributed by atoms with Crippen molar-refractivity contribution in [3.8, 4) is 11.8 Å². The average molecular weight is 281 g/mol. The Labute approximate surface area is 118 Å². The maximum Gasteiger partial charge on any atom is 0.263 e. The number of rotatable bonds is 5. The number of ether oxygens (including phenoxy) is 1. The van der Waals surface area contributed by atoms with Crippen molar-refractivity contribution in [2.45, 2.75) is 13.3 Å². The van der Waals surface area contributed by atoms with Crippen LogP contribution in [0.3, 0.4) is 0 Å². The van der Waals surface area contributed by atoms with E-state index in [1.54, 1.807) is 19.1 Å². The van der Waals surface area contributed by atoms with E-state index < -0.39 is 0 Å². The summed E-state index contributed by atoms with van der Waals surface area (Å²) in [7, 11) is 3.43. The van der Waals surface area contributed by atoms with Crippen LogP contribution in [-0.4, -0.2) is 49.8 Å². The Kier molecular flexibility index (Phi) is 6.57. The minimum Gasteiger partial charge on any atom is -0.385 e. The van der Waals surface area contributed by atoms with Crippen LogP contribution in [0, 0.1) is 18.8 Å². The molecule has 0 aliphatic heterocycles. The van der Waals surface area contributed by atoms with E-state index in [0.717, 1.165) is 16.9 Å². The highest BCUT2D eigenvalue weighted by atomic mass is 32.1. The van der Waals surface area contributed by atoms with Gasteiger partial charge < -0.3 is 14.7 Å². The third-order valence-electron chi connectivity index (χ3n) is 2.60. The van der Waals surface area contributed by atoms with E-state index in [4.69, 9.17) is 9.84 Å². The van der Waals surface area contributed by atoms with E-state index in [0.29, 0.717) is 18.0 Å². The first-order valence-corrected chi connectivity index (χ1v) is 6.86. The van der Waals surface area contributed by atoms with Gasteiger partial charge in [0.05, 0.1) is 9.75 Å². The van der Waals surface area contributed by atoms with Crippen molar-refractivity contribution in [3.05, 3.63) is 21.4 Å². The van der Waals surface area contributed by atoms with Gasteiger partial charge in [0.1, 0.15) is 6.61 Å². The molecular formula is C14H19NO3S. The molecule has 1 heterocycles. The van der Waals surface area contributed by atoms with Crippen LogP contribution in [0.5, 0.6) is 0 Å². The molecule has 0 aliphatic rings. The van der Waals surface area contributed by atoms with Gasteiger partial charge in [0.15, 0.2) is 0 Å². The number of methoxy groups -OCH3 is 1. The number of hydrogen-bond donors (Lipinski definition) is 1. The summed E-state index contributed by atoms with van der Waals surface area (Å²) in [6, 6.07) is 1.85. The van der Waals surface area contributed by atoms with E-state index in [9.17, 15) is 4.79 Å². The summed E-state index contributed by atoms with van der Waals surface area (Å²) >= 11 is 1.37. The molecule has 0 spiro atoms. The zero-order chi connectivity index (χ0) is 14.3. The molecule has 1 aromatic heterocycles. The fraction of sp³-hybridized carbons (Fsp3) is 0.500. The van der Waals surface area contributed by atoms with Crippen LogP contribution < -0.4 is 0 Å². The van der Waals surface area contributed by atoms with Gasteiger partial charge in [-0.3, -0.25) is 4.79 Å². The summed E-state index contributed by atoms with van der Waals surface area (Å²) in [6.45, 7) is 3.06. The quantitative estimate of drug-likeness (QED) is 0.657. The van der Waals surface area contributed by atoms with Crippen molar-refractivity contribution in [2.75, 3.05) is 33.9 Å². The van der Waals surface area contributed by atoms with Crippen LogP contribution in [0.25, 0.3) is 0 Å². The van der Waals surface area contributed by atoms with E-state index in [-0.39, 0.29) is 12.5 Å². The van der Waals surface area contributed by atoms with Crippen LogP contribution >= 0.6 is 11.3 Å². The molecule has 19 heavy (non-hydrogen) atoms. The maximum atomic E-state index is 12.2. The molecule has 0 bridgehead atoms. The molecule has 1 N–H and O–H groups in total. The number of aliphatic hydroxyl groups is 1. The maximum absolute atomic E-state index is 12.2. The topological polar surface area (TPSA) is 49.8 Å². The molecule has 1 rings (SSSR count). The second-order valence-electron chi connectivity index (χ2n) is 4.16. The van der Waals surface area contributed by atoms with Gasteiger partial charge in [-0.1, -0.05) is 11.8 Å². The lowest BCUT2D eigenvalue weighted by atomic mass is 10.2. The standard InChI is InChI=1S/C14H19NO3S/c1-11-10-13(19-12(11)6-4-8-16)14(17)15(2)7-5-9-18-3/h10,16H,5,7-9H2,1-3H3. The molecule has 0 saturated heterocycles. The molecule has 0 radical (unpaired) electrons. The second-order valence-corrected chi connectivity index (χ2v) is 5.21. The van der Waals surface area contributed by atoms with Gasteiger partial charge in [0.2, 0.25) is 0 Å². The summed E-state index contributed by atoms with van der Waals surface area (Å²) in [5.74, 6) is 5.46. The highest BCUT2D eigenvalue weighted by molar-refractivity contribution is 7.14. The highest BCUT2D eigenvalue weighted by Gasteiger charge is 2.15. The average Bonchev–Trinajstić information content (AvgIpc) is 2.77. The van der Waals surface area contributed by atoms with Gasteiger partial charge in [-0.25, -0.2) is 0 Å². The Balaban J connectivity index is 2.71. The van der Waals surface area contributed by atoms with Crippen molar-refractivity contribution in [2.24, 2.45) is 0 Å². The van der Waals surface area contributed by atoms with Crippen molar-refractivity contribution in [1.82, 2.24) is 4.90 Å². The lowest BCUT2D eigenvalue weighted by Crippen LogP contribution is -2.27. The van der Waals surface area contributed by atoms with Crippen LogP contribution in [0.1, 0.15) is 26.5 Å². The van der Waals surface area contributed by atoms with E-state index >= 15 is 0 Å². The Morgan fingerprint density at radius 2 is 2.32 bits per heavy atom. The number of aliphatic hydroxyl groups excluding tert-OH is 1. The molecule has 1 aromatic rings. The van der Waals surface area contributed by atoms with Gasteiger partial charge in [-0.15, -0.1) is 11.3 Å². The largest absolute Gasteiger partial charge is 0.385 e. The highest BCUT2D eigenvalue weighted by Crippen LogP contribution is 2.22. The molecule has 0 unspecified atom stereocenters. The Bertz CT molecular complexity index is 485. The van der Waals surface area contributed by atoms with E-state index in [1.165, 1.54) is 11.3 Å². The zero-order valence-corrected chi connectivity index (χ0v) is 12.3. The van der Waals surface area contributed by atoms with Gasteiger partial charge in [0, 0.05) is 27.3 Å². The first kappa shape index (κ1) is 15.7. The molecule has 0 saturated carbocycles. The summed E-state index contributed by atoms with van der Waals surface area (Å²) in [4.78, 5) is 15.4. The molecule has 5 heteroatoms. The van der Waals surface area contributed by atoms with Gasteiger partial charge in [-0.2, -0.15) is 0 Å². The molecule has 0 atom stereocenters. The number of hydrogen-bond acceptors (Lipinski definition) is 4. The number of carbonyl (C=O) groups is 1. The third kappa shape index (κ3) is 4.67. The fourth-order valence-electron chi connectivity index (χ4n) is 1.57. The summed E-state index contributed by atoms with van der Waals surface area (Å²) in [6.07, 6.45) is 0.820. The molecule has 104 valence electrons. The number of aryl methyl sites for hydroxylation is 1. The van der Waals surface area contributed by atoms with Gasteiger partial charge in [-0.05, 0) is 25.0 Å². The predicted molar refractivity (Wildman–Crippen MR) is 76.5 cm³/mol. The van der Waals surface area contributed by atoms with Crippen LogP contribution in [-0.2, 0) is 4.74 Å². The minimum atomic E-state index is -0.169. The fourth-order valence-corrected chi connectivity index (χ4v) is 2.61. The van der Waals surface area contributed by atoms with Crippen LogP contribution in [0.15, 0.2) is 6.07 Å². The van der Waals surface area contributed by atoms with Crippen molar-refractivity contribution >= 4 is 17.2 Å². The summed E-state index contributed by atoms with van der Waals surface area (Å²) in [5.41, 5.74) is 0.972. The molecule has 0 aromatic carbocycles. The lowest BCUT2D eigenvalue weighted by Gasteiger charge is -2.15. The first-order valence-electron chi connectivity index (χ1n) is 6.04. The van der Waals surface area contributed by atoms with E-state index in [2.05, 4.69) is 11.8 Å². The van der Waals surface area contributed by atoms with Crippen molar-refractivity contribution in [3.63, 3.8) is 0 Å². The predicted octanol–water partition coefficient (Wildman–Crippen LogP) is 1.51. The smallest absolute Gasteiger partial charge is 0.263 e. The lowest BCUT2D eigenvalue weighted by molar-refractivity contribution is 0.0784. The second kappa shape index (κ2) is 7.95. The Morgan fingerprint density at radius 1 is 1.58 bits per heavy atom. The zero-order valence-electron chi connectivity index (χ0n) is 11.5. The summed E-state index contributed by atoms with van der Waals surface area (Å²) < 4.78 is 4.97. The van der Waals surface area contributed by atoms with Crippen LogP contribution in [0.2, 0.25) is 0 Å². The molecule has 4 nitrogen and oxygen atoms in total. The number of thiophene rings is 1. The third-order valence-corrected chi connectivity index (χ3v) is 3.74. The number of amides is 1. The monoisotopic (exact) mass is 281 g/mol. The van der Waals surface area contributed by atoms with Crippen molar-refractivity contribution in [1.29, 1.82) is 0 Å². The van der Waals surface area contributed by atoms with Gasteiger partial charge >= 0.3 is 0 Å². The van der Waals surface area contributed by atoms with Crippen LogP contribution in [0.4, 0.5) is 0 Å². The number of carbonyl (C=O) groups excluding carboxylic acids is 1. The normalized spacial score (nSPS) is 9.89.